The molecule has 0 radical (unpaired) electrons. The van der Waals surface area contributed by atoms with E-state index in [0.29, 0.717) is 28.9 Å². The number of ketones is 1. The molecule has 1 aliphatic heterocycles. The Hall–Kier alpha value is -3.87. The Bertz CT molecular complexity index is 1530. The van der Waals surface area contributed by atoms with E-state index in [4.69, 9.17) is 0 Å². The van der Waals surface area contributed by atoms with Gasteiger partial charge in [0.25, 0.3) is 0 Å². The molecule has 3 aliphatic rings. The van der Waals surface area contributed by atoms with E-state index in [0.717, 1.165) is 36.2 Å². The summed E-state index contributed by atoms with van der Waals surface area (Å²) >= 11 is 0. The maximum atomic E-state index is 14.1. The standard InChI is InChI=1S/C34H33F3N2O2/c1-33(2,3)24-14-10-20(11-15-24)23-18-27-30(29(40)19-23)31(21-12-16-25(17-13-21)34(35,36)37)39(32(41)22-8-9-22)28-7-5-4-6-26(28)38-27/h4-7,10-17,22-23,31,38H,8-9,18-19H2,1-3H3. The molecular weight excluding hydrogens is 525 g/mol. The van der Waals surface area contributed by atoms with Crippen molar-refractivity contribution in [1.82, 2.24) is 0 Å². The number of para-hydroxylation sites is 2. The van der Waals surface area contributed by atoms with E-state index in [-0.39, 0.29) is 35.4 Å². The van der Waals surface area contributed by atoms with E-state index in [1.807, 2.05) is 24.3 Å². The monoisotopic (exact) mass is 558 g/mol. The number of nitrogens with one attached hydrogen (secondary N) is 1. The Morgan fingerprint density at radius 2 is 1.44 bits per heavy atom. The first-order valence-electron chi connectivity index (χ1n) is 14.1. The second-order valence-corrected chi connectivity index (χ2v) is 12.4. The fourth-order valence-electron chi connectivity index (χ4n) is 6.02. The molecule has 1 N–H and O–H groups in total. The van der Waals surface area contributed by atoms with Crippen molar-refractivity contribution in [3.8, 4) is 0 Å². The van der Waals surface area contributed by atoms with Crippen LogP contribution in [0.1, 0.15) is 80.7 Å². The molecule has 0 bridgehead atoms. The number of benzene rings is 3. The summed E-state index contributed by atoms with van der Waals surface area (Å²) in [6, 6.07) is 19.9. The molecule has 41 heavy (non-hydrogen) atoms. The predicted octanol–water partition coefficient (Wildman–Crippen LogP) is 8.31. The van der Waals surface area contributed by atoms with Crippen LogP contribution in [0, 0.1) is 5.92 Å². The first-order chi connectivity index (χ1) is 19.4. The highest BCUT2D eigenvalue weighted by Crippen LogP contribution is 2.49. The van der Waals surface area contributed by atoms with E-state index in [1.165, 1.54) is 17.7 Å². The molecule has 0 spiro atoms. The molecule has 1 fully saturated rings. The molecular formula is C34H33F3N2O2. The van der Waals surface area contributed by atoms with Crippen LogP contribution in [0.25, 0.3) is 0 Å². The lowest BCUT2D eigenvalue weighted by Gasteiger charge is -2.35. The van der Waals surface area contributed by atoms with Crippen molar-refractivity contribution in [2.45, 2.75) is 70.0 Å². The largest absolute Gasteiger partial charge is 0.416 e. The van der Waals surface area contributed by atoms with Crippen molar-refractivity contribution in [2.75, 3.05) is 10.2 Å². The van der Waals surface area contributed by atoms with Crippen LogP contribution < -0.4 is 10.2 Å². The van der Waals surface area contributed by atoms with E-state index in [9.17, 15) is 22.8 Å². The van der Waals surface area contributed by atoms with E-state index in [1.54, 1.807) is 4.90 Å². The molecule has 2 atom stereocenters. The molecule has 2 aliphatic carbocycles. The van der Waals surface area contributed by atoms with Crippen molar-refractivity contribution in [2.24, 2.45) is 5.92 Å². The van der Waals surface area contributed by atoms with Crippen molar-refractivity contribution in [1.29, 1.82) is 0 Å². The number of anilines is 2. The Labute approximate surface area is 238 Å². The molecule has 1 amide bonds. The van der Waals surface area contributed by atoms with Gasteiger partial charge in [-0.3, -0.25) is 14.5 Å². The maximum Gasteiger partial charge on any atom is 0.416 e. The third-order valence-electron chi connectivity index (χ3n) is 8.45. The topological polar surface area (TPSA) is 49.4 Å². The van der Waals surface area contributed by atoms with Gasteiger partial charge in [-0.25, -0.2) is 0 Å². The molecule has 0 saturated heterocycles. The zero-order valence-electron chi connectivity index (χ0n) is 23.4. The number of halogens is 3. The summed E-state index contributed by atoms with van der Waals surface area (Å²) < 4.78 is 40.3. The van der Waals surface area contributed by atoms with Crippen LogP contribution in [0.3, 0.4) is 0 Å². The highest BCUT2D eigenvalue weighted by atomic mass is 19.4. The van der Waals surface area contributed by atoms with Crippen molar-refractivity contribution < 1.29 is 22.8 Å². The Morgan fingerprint density at radius 1 is 0.829 bits per heavy atom. The van der Waals surface area contributed by atoms with Crippen LogP contribution in [0.5, 0.6) is 0 Å². The number of nitrogens with zero attached hydrogens (tertiary/aromatic N) is 1. The molecule has 1 saturated carbocycles. The number of rotatable bonds is 3. The Kier molecular flexibility index (Phi) is 6.59. The predicted molar refractivity (Wildman–Crippen MR) is 154 cm³/mol. The molecule has 212 valence electrons. The third-order valence-corrected chi connectivity index (χ3v) is 8.45. The summed E-state index contributed by atoms with van der Waals surface area (Å²) in [6.07, 6.45) is -2.16. The molecule has 7 heteroatoms. The first kappa shape index (κ1) is 27.3. The molecule has 1 heterocycles. The number of hydrogen-bond donors (Lipinski definition) is 1. The molecule has 0 aromatic heterocycles. The number of carbonyl (C=O) groups excluding carboxylic acids is 2. The molecule has 6 rings (SSSR count). The van der Waals surface area contributed by atoms with Gasteiger partial charge in [-0.05, 0) is 71.6 Å². The lowest BCUT2D eigenvalue weighted by molar-refractivity contribution is -0.137. The van der Waals surface area contributed by atoms with Crippen LogP contribution >= 0.6 is 0 Å². The van der Waals surface area contributed by atoms with E-state index >= 15 is 0 Å². The number of Topliss-reactive ketones (excluding diaryl/α,β-unsaturated/α-hetero) is 1. The number of amides is 1. The Balaban J connectivity index is 1.48. The zero-order valence-corrected chi connectivity index (χ0v) is 23.4. The van der Waals surface area contributed by atoms with Gasteiger partial charge in [0.15, 0.2) is 5.78 Å². The van der Waals surface area contributed by atoms with E-state index < -0.39 is 17.8 Å². The van der Waals surface area contributed by atoms with Crippen LogP contribution in [0.2, 0.25) is 0 Å². The highest BCUT2D eigenvalue weighted by molar-refractivity contribution is 6.07. The van der Waals surface area contributed by atoms with Crippen LogP contribution in [0.15, 0.2) is 84.1 Å². The summed E-state index contributed by atoms with van der Waals surface area (Å²) in [5, 5.41) is 3.49. The lowest BCUT2D eigenvalue weighted by Crippen LogP contribution is -2.39. The summed E-state index contributed by atoms with van der Waals surface area (Å²) in [4.78, 5) is 29.6. The summed E-state index contributed by atoms with van der Waals surface area (Å²) in [6.45, 7) is 6.48. The smallest absolute Gasteiger partial charge is 0.357 e. The average molecular weight is 559 g/mol. The zero-order chi connectivity index (χ0) is 29.1. The summed E-state index contributed by atoms with van der Waals surface area (Å²) in [5.41, 5.74) is 4.51. The summed E-state index contributed by atoms with van der Waals surface area (Å²) in [5.74, 6) is -0.427. The van der Waals surface area contributed by atoms with Gasteiger partial charge in [0.2, 0.25) is 5.91 Å². The lowest BCUT2D eigenvalue weighted by atomic mass is 9.77. The van der Waals surface area contributed by atoms with Gasteiger partial charge in [-0.15, -0.1) is 0 Å². The number of fused-ring (bicyclic) bond motifs is 1. The van der Waals surface area contributed by atoms with Crippen molar-refractivity contribution >= 4 is 23.1 Å². The van der Waals surface area contributed by atoms with Crippen LogP contribution in [-0.2, 0) is 21.2 Å². The fraction of sp³-hybridized carbons (Fsp3) is 0.353. The fourth-order valence-corrected chi connectivity index (χ4v) is 6.02. The van der Waals surface area contributed by atoms with Gasteiger partial charge in [0, 0.05) is 23.6 Å². The van der Waals surface area contributed by atoms with Crippen molar-refractivity contribution in [3.05, 3.63) is 106 Å². The Morgan fingerprint density at radius 3 is 2.05 bits per heavy atom. The third kappa shape index (κ3) is 5.18. The minimum Gasteiger partial charge on any atom is -0.357 e. The minimum absolute atomic E-state index is 0.00953. The number of hydrogen-bond acceptors (Lipinski definition) is 3. The number of allylic oxidation sites excluding steroid dienone is 1. The number of carbonyl (C=O) groups is 2. The van der Waals surface area contributed by atoms with Gasteiger partial charge in [0.1, 0.15) is 0 Å². The maximum absolute atomic E-state index is 14.1. The minimum atomic E-state index is -4.49. The molecule has 3 aromatic rings. The van der Waals surface area contributed by atoms with Gasteiger partial charge in [-0.1, -0.05) is 69.3 Å². The first-order valence-corrected chi connectivity index (χ1v) is 14.1. The van der Waals surface area contributed by atoms with Gasteiger partial charge in [-0.2, -0.15) is 13.2 Å². The van der Waals surface area contributed by atoms with Gasteiger partial charge in [0.05, 0.1) is 23.0 Å². The molecule has 4 nitrogen and oxygen atoms in total. The van der Waals surface area contributed by atoms with Gasteiger partial charge < -0.3 is 5.32 Å². The van der Waals surface area contributed by atoms with Gasteiger partial charge >= 0.3 is 6.18 Å². The van der Waals surface area contributed by atoms with Crippen LogP contribution in [0.4, 0.5) is 24.5 Å². The summed E-state index contributed by atoms with van der Waals surface area (Å²) in [7, 11) is 0. The second kappa shape index (κ2) is 9.89. The normalized spacial score (nSPS) is 21.1. The van der Waals surface area contributed by atoms with Crippen LogP contribution in [-0.4, -0.2) is 11.7 Å². The molecule has 3 aromatic carbocycles. The molecule has 2 unspecified atom stereocenters. The number of alkyl halides is 3. The average Bonchev–Trinajstić information content (AvgIpc) is 3.78. The van der Waals surface area contributed by atoms with E-state index in [2.05, 4.69) is 50.4 Å². The van der Waals surface area contributed by atoms with Crippen molar-refractivity contribution in [3.63, 3.8) is 0 Å². The highest BCUT2D eigenvalue weighted by Gasteiger charge is 2.45. The quantitative estimate of drug-likeness (QED) is 0.352. The SMILES string of the molecule is CC(C)(C)c1ccc(C2CC(=O)C3=C(C2)Nc2ccccc2N(C(=O)C2CC2)C3c2ccc(C(F)(F)F)cc2)cc1. The second-order valence-electron chi connectivity index (χ2n) is 12.4.